The van der Waals surface area contributed by atoms with Crippen molar-refractivity contribution >= 4 is 26.9 Å². The summed E-state index contributed by atoms with van der Waals surface area (Å²) in [4.78, 5) is 13.1. The predicted molar refractivity (Wildman–Crippen MR) is 116 cm³/mol. The fourth-order valence-corrected chi connectivity index (χ4v) is 6.12. The van der Waals surface area contributed by atoms with Gasteiger partial charge in [0.25, 0.3) is 10.0 Å². The van der Waals surface area contributed by atoms with Gasteiger partial charge in [0, 0.05) is 5.39 Å². The van der Waals surface area contributed by atoms with E-state index < -0.39 is 27.5 Å². The van der Waals surface area contributed by atoms with Crippen LogP contribution in [0.1, 0.15) is 31.4 Å². The number of methoxy groups -OCH3 is 2. The molecule has 0 unspecified atom stereocenters. The number of hydrogen-bond donors (Lipinski definition) is 1. The summed E-state index contributed by atoms with van der Waals surface area (Å²) < 4.78 is 39.1. The summed E-state index contributed by atoms with van der Waals surface area (Å²) in [6.07, 6.45) is 1.07. The number of nitrogens with zero attached hydrogens (tertiary/aromatic N) is 1. The molecule has 4 rings (SSSR count). The van der Waals surface area contributed by atoms with Crippen molar-refractivity contribution in [3.8, 4) is 5.75 Å². The second-order valence-corrected chi connectivity index (χ2v) is 9.54. The Morgan fingerprint density at radius 3 is 2.45 bits per heavy atom. The second-order valence-electron chi connectivity index (χ2n) is 7.76. The molecular weight excluding hydrogens is 418 g/mol. The maximum absolute atomic E-state index is 13.8. The first-order valence-electron chi connectivity index (χ1n) is 10.1. The molecule has 31 heavy (non-hydrogen) atoms. The quantitative estimate of drug-likeness (QED) is 0.609. The van der Waals surface area contributed by atoms with Gasteiger partial charge in [0.05, 0.1) is 36.4 Å². The summed E-state index contributed by atoms with van der Waals surface area (Å²) in [5, 5.41) is 11.7. The van der Waals surface area contributed by atoms with Gasteiger partial charge in [0.1, 0.15) is 11.2 Å². The molecular formula is C23H25NO6S. The fourth-order valence-electron chi connectivity index (χ4n) is 4.53. The number of aromatic nitrogens is 1. The molecule has 1 saturated carbocycles. The van der Waals surface area contributed by atoms with Crippen LogP contribution in [0.15, 0.2) is 59.5 Å². The van der Waals surface area contributed by atoms with E-state index in [0.717, 1.165) is 6.42 Å². The van der Waals surface area contributed by atoms with Crippen LogP contribution in [-0.4, -0.2) is 43.8 Å². The van der Waals surface area contributed by atoms with Crippen LogP contribution in [0.3, 0.4) is 0 Å². The third-order valence-corrected chi connectivity index (χ3v) is 7.88. The maximum Gasteiger partial charge on any atom is 0.320 e. The van der Waals surface area contributed by atoms with Gasteiger partial charge >= 0.3 is 5.97 Å². The van der Waals surface area contributed by atoms with Crippen LogP contribution >= 0.6 is 0 Å². The first kappa shape index (κ1) is 21.4. The van der Waals surface area contributed by atoms with Gasteiger partial charge in [-0.25, -0.2) is 12.4 Å². The molecule has 1 aliphatic rings. The number of para-hydroxylation sites is 1. The zero-order valence-corrected chi connectivity index (χ0v) is 18.3. The predicted octanol–water partition coefficient (Wildman–Crippen LogP) is 3.23. The molecule has 0 amide bonds. The average Bonchev–Trinajstić information content (AvgIpc) is 3.19. The first-order chi connectivity index (χ1) is 14.9. The number of ether oxygens (including phenoxy) is 2. The minimum absolute atomic E-state index is 0.0567. The van der Waals surface area contributed by atoms with Gasteiger partial charge in [-0.3, -0.25) is 4.79 Å². The van der Waals surface area contributed by atoms with E-state index in [2.05, 4.69) is 0 Å². The minimum atomic E-state index is -4.09. The van der Waals surface area contributed by atoms with Crippen molar-refractivity contribution in [1.82, 2.24) is 3.97 Å². The maximum atomic E-state index is 13.8. The van der Waals surface area contributed by atoms with Gasteiger partial charge in [-0.2, -0.15) is 0 Å². The van der Waals surface area contributed by atoms with Crippen molar-refractivity contribution in [2.24, 2.45) is 0 Å². The number of benzene rings is 2. The highest BCUT2D eigenvalue weighted by Crippen LogP contribution is 2.44. The third-order valence-electron chi connectivity index (χ3n) is 6.14. The van der Waals surface area contributed by atoms with Crippen molar-refractivity contribution in [3.63, 3.8) is 0 Å². The highest BCUT2D eigenvalue weighted by molar-refractivity contribution is 7.90. The van der Waals surface area contributed by atoms with Crippen LogP contribution in [0, 0.1) is 0 Å². The second kappa shape index (κ2) is 8.01. The number of fused-ring (bicyclic) bond motifs is 1. The van der Waals surface area contributed by atoms with Crippen molar-refractivity contribution in [3.05, 3.63) is 60.3 Å². The van der Waals surface area contributed by atoms with Gasteiger partial charge in [-0.15, -0.1) is 0 Å². The largest absolute Gasteiger partial charge is 0.497 e. The third kappa shape index (κ3) is 3.30. The number of hydrogen-bond acceptors (Lipinski definition) is 6. The molecule has 0 radical (unpaired) electrons. The molecule has 0 spiro atoms. The Morgan fingerprint density at radius 1 is 1.10 bits per heavy atom. The van der Waals surface area contributed by atoms with Crippen molar-refractivity contribution in [1.29, 1.82) is 0 Å². The summed E-state index contributed by atoms with van der Waals surface area (Å²) >= 11 is 0. The Kier molecular flexibility index (Phi) is 5.53. The molecule has 1 N–H and O–H groups in total. The molecule has 0 saturated heterocycles. The van der Waals surface area contributed by atoms with Gasteiger partial charge in [0.2, 0.25) is 0 Å². The van der Waals surface area contributed by atoms with Crippen molar-refractivity contribution in [2.45, 2.75) is 42.1 Å². The Hall–Kier alpha value is -2.84. The lowest BCUT2D eigenvalue weighted by Gasteiger charge is -2.39. The number of carbonyl (C=O) groups is 1. The van der Waals surface area contributed by atoms with Gasteiger partial charge < -0.3 is 14.6 Å². The van der Waals surface area contributed by atoms with Crippen LogP contribution in [0.4, 0.5) is 0 Å². The Labute approximate surface area is 181 Å². The number of rotatable bonds is 5. The van der Waals surface area contributed by atoms with E-state index in [1.165, 1.54) is 30.3 Å². The van der Waals surface area contributed by atoms with E-state index in [1.54, 1.807) is 42.5 Å². The molecule has 3 aromatic rings. The topological polar surface area (TPSA) is 94.8 Å². The normalized spacial score (nSPS) is 21.7. The summed E-state index contributed by atoms with van der Waals surface area (Å²) in [7, 11) is -1.32. The molecule has 1 aliphatic carbocycles. The highest BCUT2D eigenvalue weighted by atomic mass is 32.2. The molecule has 8 heteroatoms. The van der Waals surface area contributed by atoms with Gasteiger partial charge in [-0.05, 0) is 49.2 Å². The Morgan fingerprint density at radius 2 is 1.81 bits per heavy atom. The lowest BCUT2D eigenvalue weighted by Crippen LogP contribution is -2.51. The zero-order valence-electron chi connectivity index (χ0n) is 17.4. The van der Waals surface area contributed by atoms with Gasteiger partial charge in [-0.1, -0.05) is 31.0 Å². The number of aliphatic hydroxyl groups excluding tert-OH is 1. The Balaban J connectivity index is 2.03. The zero-order chi connectivity index (χ0) is 22.2. The van der Waals surface area contributed by atoms with Crippen LogP contribution in [-0.2, 0) is 25.0 Å². The van der Waals surface area contributed by atoms with Crippen LogP contribution in [0.25, 0.3) is 10.9 Å². The standard InChI is InChI=1S/C23H25NO6S/c1-29-17-10-12-18(13-11-17)31(27,28)24-19-8-4-3-7-16(19)15-20(24)23(22(26)30-2)14-6-5-9-21(23)25/h3-4,7-8,10-13,15,21,25H,5-6,9,14H2,1-2H3/t21-,23-/m0/s1. The first-order valence-corrected chi connectivity index (χ1v) is 11.6. The average molecular weight is 444 g/mol. The van der Waals surface area contributed by atoms with E-state index in [-0.39, 0.29) is 10.6 Å². The number of aliphatic hydroxyl groups is 1. The molecule has 1 heterocycles. The summed E-state index contributed by atoms with van der Waals surface area (Å²) in [5.74, 6) is -0.0982. The number of carbonyl (C=O) groups excluding carboxylic acids is 1. The van der Waals surface area contributed by atoms with Crippen LogP contribution in [0.2, 0.25) is 0 Å². The lowest BCUT2D eigenvalue weighted by molar-refractivity contribution is -0.155. The van der Waals surface area contributed by atoms with Crippen LogP contribution < -0.4 is 4.74 Å². The molecule has 0 aliphatic heterocycles. The summed E-state index contributed by atoms with van der Waals surface area (Å²) in [6, 6.07) is 14.8. The van der Waals surface area contributed by atoms with Crippen molar-refractivity contribution in [2.75, 3.05) is 14.2 Å². The lowest BCUT2D eigenvalue weighted by atomic mass is 9.69. The number of esters is 1. The molecule has 7 nitrogen and oxygen atoms in total. The highest BCUT2D eigenvalue weighted by Gasteiger charge is 2.52. The monoisotopic (exact) mass is 443 g/mol. The molecule has 0 bridgehead atoms. The van der Waals surface area contributed by atoms with Crippen molar-refractivity contribution < 1.29 is 27.8 Å². The van der Waals surface area contributed by atoms with E-state index in [4.69, 9.17) is 9.47 Å². The van der Waals surface area contributed by atoms with E-state index in [9.17, 15) is 18.3 Å². The molecule has 1 fully saturated rings. The smallest absolute Gasteiger partial charge is 0.320 e. The van der Waals surface area contributed by atoms with Gasteiger partial charge in [0.15, 0.2) is 0 Å². The summed E-state index contributed by atoms with van der Waals surface area (Å²) in [6.45, 7) is 0. The van der Waals surface area contributed by atoms with Crippen LogP contribution in [0.5, 0.6) is 5.75 Å². The Bertz CT molecular complexity index is 1210. The fraction of sp³-hybridized carbons (Fsp3) is 0.348. The molecule has 164 valence electrons. The summed E-state index contributed by atoms with van der Waals surface area (Å²) in [5.41, 5.74) is -0.802. The molecule has 2 aromatic carbocycles. The molecule has 2 atom stereocenters. The molecule has 1 aromatic heterocycles. The van der Waals surface area contributed by atoms with E-state index >= 15 is 0 Å². The SMILES string of the molecule is COC(=O)[C@]1(c2cc3ccccc3n2S(=O)(=O)c2ccc(OC)cc2)CCCC[C@@H]1O. The van der Waals surface area contributed by atoms with E-state index in [1.807, 2.05) is 0 Å². The van der Waals surface area contributed by atoms with E-state index in [0.29, 0.717) is 35.9 Å². The minimum Gasteiger partial charge on any atom is -0.497 e.